The Labute approximate surface area is 110 Å². The van der Waals surface area contributed by atoms with Crippen molar-refractivity contribution in [3.63, 3.8) is 0 Å². The van der Waals surface area contributed by atoms with Crippen LogP contribution in [-0.4, -0.2) is 17.9 Å². The van der Waals surface area contributed by atoms with Gasteiger partial charge in [-0.25, -0.2) is 0 Å². The first-order valence-electron chi connectivity index (χ1n) is 7.01. The first-order valence-corrected chi connectivity index (χ1v) is 7.01. The molecule has 1 rings (SSSR count). The van der Waals surface area contributed by atoms with E-state index in [-0.39, 0.29) is 17.7 Å². The Kier molecular flexibility index (Phi) is 4.94. The maximum Gasteiger partial charge on any atom is 0.312 e. The lowest BCUT2D eigenvalue weighted by atomic mass is 9.73. The van der Waals surface area contributed by atoms with E-state index in [0.717, 1.165) is 12.8 Å². The maximum absolute atomic E-state index is 12.4. The van der Waals surface area contributed by atoms with Crippen LogP contribution in [-0.2, 0) is 14.3 Å². The summed E-state index contributed by atoms with van der Waals surface area (Å²) in [5.41, 5.74) is -0.489. The third-order valence-electron chi connectivity index (χ3n) is 4.07. The molecular weight excluding hydrogens is 228 g/mol. The second-order valence-corrected chi connectivity index (χ2v) is 6.42. The van der Waals surface area contributed by atoms with E-state index in [4.69, 9.17) is 4.74 Å². The van der Waals surface area contributed by atoms with Crippen molar-refractivity contribution >= 4 is 11.8 Å². The zero-order valence-corrected chi connectivity index (χ0v) is 12.3. The van der Waals surface area contributed by atoms with Gasteiger partial charge in [-0.05, 0) is 38.0 Å². The zero-order valence-electron chi connectivity index (χ0n) is 12.3. The first kappa shape index (κ1) is 15.2. The molecule has 1 saturated carbocycles. The molecule has 0 bridgehead atoms. The first-order chi connectivity index (χ1) is 8.27. The molecule has 18 heavy (non-hydrogen) atoms. The fourth-order valence-corrected chi connectivity index (χ4v) is 2.57. The fraction of sp³-hybridized carbons (Fsp3) is 0.867. The van der Waals surface area contributed by atoms with Gasteiger partial charge >= 0.3 is 5.97 Å². The van der Waals surface area contributed by atoms with Crippen LogP contribution < -0.4 is 0 Å². The number of ketones is 1. The molecule has 0 aromatic rings. The normalized spacial score (nSPS) is 23.5. The Bertz CT molecular complexity index is 320. The summed E-state index contributed by atoms with van der Waals surface area (Å²) in [5, 5.41) is 0. The molecule has 0 aliphatic heterocycles. The van der Waals surface area contributed by atoms with Crippen LogP contribution >= 0.6 is 0 Å². The topological polar surface area (TPSA) is 43.4 Å². The average molecular weight is 254 g/mol. The summed E-state index contributed by atoms with van der Waals surface area (Å²) in [4.78, 5) is 23.9. The number of hydrogen-bond donors (Lipinski definition) is 0. The van der Waals surface area contributed by atoms with Crippen LogP contribution in [0.1, 0.15) is 60.3 Å². The molecule has 0 amide bonds. The Morgan fingerprint density at radius 3 is 2.39 bits per heavy atom. The molecule has 1 fully saturated rings. The third kappa shape index (κ3) is 3.33. The molecule has 1 aliphatic rings. The summed E-state index contributed by atoms with van der Waals surface area (Å²) in [6.07, 6.45) is 2.41. The highest BCUT2D eigenvalue weighted by molar-refractivity contribution is 5.88. The van der Waals surface area contributed by atoms with Crippen LogP contribution in [0, 0.1) is 17.3 Å². The Balaban J connectivity index is 2.73. The van der Waals surface area contributed by atoms with E-state index in [1.54, 1.807) is 0 Å². The van der Waals surface area contributed by atoms with Gasteiger partial charge in [-0.1, -0.05) is 27.7 Å². The number of hydrogen-bond acceptors (Lipinski definition) is 3. The second kappa shape index (κ2) is 5.85. The van der Waals surface area contributed by atoms with Gasteiger partial charge in [-0.3, -0.25) is 9.59 Å². The minimum absolute atomic E-state index is 0.0824. The molecular formula is C15H26O3. The Hall–Kier alpha value is -0.860. The molecule has 2 unspecified atom stereocenters. The summed E-state index contributed by atoms with van der Waals surface area (Å²) in [6.45, 7) is 10.3. The van der Waals surface area contributed by atoms with Crippen molar-refractivity contribution in [1.82, 2.24) is 0 Å². The molecule has 3 heteroatoms. The third-order valence-corrected chi connectivity index (χ3v) is 4.07. The van der Waals surface area contributed by atoms with Crippen LogP contribution in [0.15, 0.2) is 0 Å². The molecule has 2 atom stereocenters. The average Bonchev–Trinajstić information content (AvgIpc) is 2.63. The minimum atomic E-state index is -0.489. The highest BCUT2D eigenvalue weighted by Gasteiger charge is 2.41. The fourth-order valence-electron chi connectivity index (χ4n) is 2.57. The van der Waals surface area contributed by atoms with E-state index in [2.05, 4.69) is 13.8 Å². The number of ether oxygens (including phenoxy) is 1. The monoisotopic (exact) mass is 254 g/mol. The smallest absolute Gasteiger partial charge is 0.312 e. The number of rotatable bonds is 5. The number of Topliss-reactive ketones (excluding diaryl/α,β-unsaturated/α-hetero) is 1. The van der Waals surface area contributed by atoms with Crippen molar-refractivity contribution in [2.24, 2.45) is 17.3 Å². The van der Waals surface area contributed by atoms with Crippen molar-refractivity contribution in [3.8, 4) is 0 Å². The van der Waals surface area contributed by atoms with E-state index >= 15 is 0 Å². The van der Waals surface area contributed by atoms with Gasteiger partial charge in [0.25, 0.3) is 0 Å². The van der Waals surface area contributed by atoms with Crippen LogP contribution in [0.3, 0.4) is 0 Å². The second-order valence-electron chi connectivity index (χ2n) is 6.42. The number of carbonyl (C=O) groups is 2. The van der Waals surface area contributed by atoms with Gasteiger partial charge in [-0.15, -0.1) is 0 Å². The zero-order chi connectivity index (χ0) is 13.9. The van der Waals surface area contributed by atoms with E-state index < -0.39 is 11.5 Å². The van der Waals surface area contributed by atoms with Crippen LogP contribution in [0.2, 0.25) is 0 Å². The number of carbonyl (C=O) groups excluding carboxylic acids is 2. The van der Waals surface area contributed by atoms with E-state index in [1.807, 2.05) is 20.8 Å². The molecule has 0 aromatic heterocycles. The predicted molar refractivity (Wildman–Crippen MR) is 71.1 cm³/mol. The van der Waals surface area contributed by atoms with Crippen molar-refractivity contribution in [3.05, 3.63) is 0 Å². The van der Waals surface area contributed by atoms with Crippen molar-refractivity contribution in [1.29, 1.82) is 0 Å². The standard InChI is InChI=1S/C15H26O3/c1-10(2)9-15(5,11(3)4)14(17)18-13-8-6-7-12(13)16/h10-11,13H,6-9H2,1-5H3. The molecule has 0 spiro atoms. The highest BCUT2D eigenvalue weighted by atomic mass is 16.5. The largest absolute Gasteiger partial charge is 0.454 e. The van der Waals surface area contributed by atoms with Gasteiger partial charge in [0.15, 0.2) is 11.9 Å². The van der Waals surface area contributed by atoms with Crippen molar-refractivity contribution < 1.29 is 14.3 Å². The van der Waals surface area contributed by atoms with E-state index in [1.165, 1.54) is 0 Å². The molecule has 0 N–H and O–H groups in total. The molecule has 0 saturated heterocycles. The lowest BCUT2D eigenvalue weighted by Gasteiger charge is -2.33. The molecule has 3 nitrogen and oxygen atoms in total. The van der Waals surface area contributed by atoms with Gasteiger partial charge in [0.2, 0.25) is 0 Å². The molecule has 0 aromatic carbocycles. The quantitative estimate of drug-likeness (QED) is 0.707. The van der Waals surface area contributed by atoms with Gasteiger partial charge in [0.05, 0.1) is 5.41 Å². The van der Waals surface area contributed by atoms with Crippen molar-refractivity contribution in [2.75, 3.05) is 0 Å². The van der Waals surface area contributed by atoms with Crippen LogP contribution in [0.4, 0.5) is 0 Å². The van der Waals surface area contributed by atoms with Gasteiger partial charge in [0, 0.05) is 6.42 Å². The maximum atomic E-state index is 12.4. The number of esters is 1. The molecule has 0 heterocycles. The minimum Gasteiger partial charge on any atom is -0.454 e. The molecule has 104 valence electrons. The highest BCUT2D eigenvalue weighted by Crippen LogP contribution is 2.36. The van der Waals surface area contributed by atoms with E-state index in [9.17, 15) is 9.59 Å². The van der Waals surface area contributed by atoms with E-state index in [0.29, 0.717) is 18.8 Å². The molecule has 0 radical (unpaired) electrons. The summed E-state index contributed by atoms with van der Waals surface area (Å²) in [5.74, 6) is 0.526. The Morgan fingerprint density at radius 2 is 2.00 bits per heavy atom. The predicted octanol–water partition coefficient (Wildman–Crippen LogP) is 3.36. The van der Waals surface area contributed by atoms with Crippen LogP contribution in [0.5, 0.6) is 0 Å². The lowest BCUT2D eigenvalue weighted by molar-refractivity contribution is -0.167. The van der Waals surface area contributed by atoms with Crippen LogP contribution in [0.25, 0.3) is 0 Å². The summed E-state index contributed by atoms with van der Waals surface area (Å²) < 4.78 is 5.46. The Morgan fingerprint density at radius 1 is 1.39 bits per heavy atom. The summed E-state index contributed by atoms with van der Waals surface area (Å²) >= 11 is 0. The lowest BCUT2D eigenvalue weighted by Crippen LogP contribution is -2.39. The summed E-state index contributed by atoms with van der Waals surface area (Å²) in [7, 11) is 0. The van der Waals surface area contributed by atoms with Gasteiger partial charge < -0.3 is 4.74 Å². The van der Waals surface area contributed by atoms with Gasteiger partial charge in [-0.2, -0.15) is 0 Å². The van der Waals surface area contributed by atoms with Gasteiger partial charge in [0.1, 0.15) is 0 Å². The SMILES string of the molecule is CC(C)CC(C)(C(=O)OC1CCCC1=O)C(C)C. The summed E-state index contributed by atoms with van der Waals surface area (Å²) in [6, 6.07) is 0. The molecule has 1 aliphatic carbocycles. The van der Waals surface area contributed by atoms with Crippen molar-refractivity contribution in [2.45, 2.75) is 66.4 Å².